The summed E-state index contributed by atoms with van der Waals surface area (Å²) in [5, 5.41) is 13.2. The van der Waals surface area contributed by atoms with Crippen LogP contribution in [0.25, 0.3) is 11.1 Å². The van der Waals surface area contributed by atoms with Crippen molar-refractivity contribution in [1.82, 2.24) is 31.2 Å². The first-order valence-electron chi connectivity index (χ1n) is 20.9. The van der Waals surface area contributed by atoms with Gasteiger partial charge in [0, 0.05) is 6.42 Å². The van der Waals surface area contributed by atoms with E-state index in [-0.39, 0.29) is 56.1 Å². The summed E-state index contributed by atoms with van der Waals surface area (Å²) in [5.41, 5.74) is 5.75. The average molecular weight is 851 g/mol. The number of halogens is 1. The van der Waals surface area contributed by atoms with Crippen molar-refractivity contribution in [2.45, 2.75) is 102 Å². The van der Waals surface area contributed by atoms with Crippen molar-refractivity contribution >= 4 is 47.2 Å². The minimum Gasteiger partial charge on any atom is -0.460 e. The highest BCUT2D eigenvalue weighted by atomic mass is 19.1. The standard InChI is InChI=1S/C46H51FN6O9/c1-5-29-31-18-37-27(4)32(21-53(37)43(58)33(31)22-61-44(29)59)41-35(13-12-30-26(3)34(47)16-25(2)40(30)41)52-45(60)46(14-9-15-46)62-24-50-38(55)20-49-42(57)36(51-39(56)19-48-23-54)17-28-10-7-6-8-11-28/h6-8,10-11,16,18,23,29,35-36H,4-5,9,12-15,17,19-22,24H2,1-3H3,(H,48,54)(H,49,57)(H,50,55)(H,51,56)(H,52,60)/b41-32-. The predicted octanol–water partition coefficient (Wildman–Crippen LogP) is 2.67. The second kappa shape index (κ2) is 18.3. The van der Waals surface area contributed by atoms with Gasteiger partial charge in [0.1, 0.15) is 30.8 Å². The van der Waals surface area contributed by atoms with E-state index in [9.17, 15) is 33.6 Å². The number of esters is 1. The van der Waals surface area contributed by atoms with Crippen LogP contribution in [-0.2, 0) is 64.2 Å². The molecule has 3 atom stereocenters. The van der Waals surface area contributed by atoms with Crippen molar-refractivity contribution in [3.05, 3.63) is 115 Å². The lowest BCUT2D eigenvalue weighted by atomic mass is 9.75. The number of nitrogens with one attached hydrogen (secondary N) is 5. The van der Waals surface area contributed by atoms with E-state index in [4.69, 9.17) is 9.47 Å². The van der Waals surface area contributed by atoms with Crippen LogP contribution in [0.3, 0.4) is 0 Å². The van der Waals surface area contributed by atoms with Gasteiger partial charge in [-0.25, -0.2) is 4.39 Å². The number of carbonyl (C=O) groups is 6. The van der Waals surface area contributed by atoms with Crippen LogP contribution in [0.15, 0.2) is 59.4 Å². The van der Waals surface area contributed by atoms with Crippen LogP contribution in [0.1, 0.15) is 89.6 Å². The second-order valence-corrected chi connectivity index (χ2v) is 16.3. The number of carbonyl (C=O) groups excluding carboxylic acids is 6. The van der Waals surface area contributed by atoms with Crippen LogP contribution in [0, 0.1) is 19.7 Å². The van der Waals surface area contributed by atoms with E-state index in [2.05, 4.69) is 33.2 Å². The molecule has 5 N–H and O–H groups in total. The Hall–Kier alpha value is -6.42. The molecule has 326 valence electrons. The second-order valence-electron chi connectivity index (χ2n) is 16.3. The molecule has 3 aromatic rings. The summed E-state index contributed by atoms with van der Waals surface area (Å²) >= 11 is 0. The Kier molecular flexibility index (Phi) is 12.9. The van der Waals surface area contributed by atoms with E-state index >= 15 is 4.39 Å². The third kappa shape index (κ3) is 8.56. The van der Waals surface area contributed by atoms with E-state index < -0.39 is 47.9 Å². The Morgan fingerprint density at radius 1 is 1.05 bits per heavy atom. The molecule has 0 radical (unpaired) electrons. The predicted molar refractivity (Wildman–Crippen MR) is 225 cm³/mol. The minimum absolute atomic E-state index is 0.115. The number of hydrogen-bond acceptors (Lipinski definition) is 9. The molecular weight excluding hydrogens is 800 g/mol. The van der Waals surface area contributed by atoms with Gasteiger partial charge in [0.05, 0.1) is 42.9 Å². The Balaban J connectivity index is 1.06. The van der Waals surface area contributed by atoms with Crippen molar-refractivity contribution in [2.24, 2.45) is 0 Å². The lowest BCUT2D eigenvalue weighted by Crippen LogP contribution is -2.57. The number of aromatic nitrogens is 1. The third-order valence-corrected chi connectivity index (χ3v) is 12.5. The van der Waals surface area contributed by atoms with Crippen LogP contribution in [0.2, 0.25) is 0 Å². The van der Waals surface area contributed by atoms with Crippen molar-refractivity contribution in [1.29, 1.82) is 0 Å². The Morgan fingerprint density at radius 3 is 2.50 bits per heavy atom. The number of fused-ring (bicyclic) bond motifs is 3. The molecule has 5 amide bonds. The summed E-state index contributed by atoms with van der Waals surface area (Å²) < 4.78 is 28.3. The summed E-state index contributed by atoms with van der Waals surface area (Å²) in [4.78, 5) is 90.0. The summed E-state index contributed by atoms with van der Waals surface area (Å²) in [6.07, 6.45) is 3.38. The van der Waals surface area contributed by atoms with E-state index in [1.54, 1.807) is 35.8 Å². The molecule has 1 saturated carbocycles. The lowest BCUT2D eigenvalue weighted by Gasteiger charge is -2.42. The van der Waals surface area contributed by atoms with Crippen molar-refractivity contribution < 1.29 is 42.6 Å². The number of aryl methyl sites for hydroxylation is 1. The van der Waals surface area contributed by atoms with Crippen molar-refractivity contribution in [3.8, 4) is 0 Å². The molecule has 16 heteroatoms. The van der Waals surface area contributed by atoms with Gasteiger partial charge in [0.25, 0.3) is 11.5 Å². The zero-order chi connectivity index (χ0) is 44.3. The van der Waals surface area contributed by atoms with E-state index in [1.165, 1.54) is 6.07 Å². The Morgan fingerprint density at radius 2 is 1.81 bits per heavy atom. The fourth-order valence-corrected chi connectivity index (χ4v) is 9.00. The molecule has 2 aromatic carbocycles. The molecule has 3 heterocycles. The molecule has 3 unspecified atom stereocenters. The van der Waals surface area contributed by atoms with Crippen LogP contribution >= 0.6 is 0 Å². The molecule has 2 aliphatic carbocycles. The Bertz CT molecular complexity index is 2440. The number of pyridine rings is 1. The fraction of sp³-hybridized carbons (Fsp3) is 0.413. The van der Waals surface area contributed by atoms with E-state index in [0.29, 0.717) is 78.5 Å². The fourth-order valence-electron chi connectivity index (χ4n) is 9.00. The van der Waals surface area contributed by atoms with Gasteiger partial charge in [0.2, 0.25) is 24.1 Å². The highest BCUT2D eigenvalue weighted by molar-refractivity contribution is 5.96. The third-order valence-electron chi connectivity index (χ3n) is 12.5. The molecule has 1 aromatic heterocycles. The number of benzene rings is 2. The number of hydrogen-bond donors (Lipinski definition) is 5. The molecule has 62 heavy (non-hydrogen) atoms. The maximum atomic E-state index is 15.2. The smallest absolute Gasteiger partial charge is 0.313 e. The summed E-state index contributed by atoms with van der Waals surface area (Å²) in [5.74, 6) is -3.44. The molecule has 15 nitrogen and oxygen atoms in total. The van der Waals surface area contributed by atoms with Crippen molar-refractivity contribution in [3.63, 3.8) is 0 Å². The first-order chi connectivity index (χ1) is 29.8. The molecule has 1 fully saturated rings. The van der Waals surface area contributed by atoms with Crippen LogP contribution in [-0.4, -0.2) is 78.1 Å². The first-order valence-corrected chi connectivity index (χ1v) is 20.9. The maximum absolute atomic E-state index is 15.2. The minimum atomic E-state index is -1.26. The number of amides is 5. The van der Waals surface area contributed by atoms with Crippen molar-refractivity contribution in [2.75, 3.05) is 19.8 Å². The van der Waals surface area contributed by atoms with Crippen LogP contribution in [0.5, 0.6) is 0 Å². The number of nitrogens with zero attached hydrogens (tertiary/aromatic N) is 1. The zero-order valence-electron chi connectivity index (χ0n) is 35.0. The molecule has 0 bridgehead atoms. The summed E-state index contributed by atoms with van der Waals surface area (Å²) in [6, 6.07) is 10.7. The Labute approximate surface area is 357 Å². The molecular formula is C46H51FN6O9. The monoisotopic (exact) mass is 850 g/mol. The molecule has 4 aliphatic rings. The van der Waals surface area contributed by atoms with E-state index in [0.717, 1.165) is 27.8 Å². The molecule has 0 spiro atoms. The molecule has 2 aliphatic heterocycles. The highest BCUT2D eigenvalue weighted by Gasteiger charge is 2.47. The molecule has 7 rings (SSSR count). The number of allylic oxidation sites excluding steroid dienone is 2. The van der Waals surface area contributed by atoms with Gasteiger partial charge in [-0.1, -0.05) is 43.8 Å². The normalized spacial score (nSPS) is 20.0. The number of ether oxygens (including phenoxy) is 2. The van der Waals surface area contributed by atoms with Gasteiger partial charge in [-0.2, -0.15) is 0 Å². The highest BCUT2D eigenvalue weighted by Crippen LogP contribution is 2.45. The van der Waals surface area contributed by atoms with Gasteiger partial charge < -0.3 is 40.6 Å². The summed E-state index contributed by atoms with van der Waals surface area (Å²) in [7, 11) is 0. The van der Waals surface area contributed by atoms with Gasteiger partial charge in [-0.3, -0.25) is 33.6 Å². The maximum Gasteiger partial charge on any atom is 0.313 e. The van der Waals surface area contributed by atoms with Gasteiger partial charge in [-0.15, -0.1) is 0 Å². The van der Waals surface area contributed by atoms with Gasteiger partial charge in [0.15, 0.2) is 0 Å². The quantitative estimate of drug-likeness (QED) is 0.0866. The zero-order valence-corrected chi connectivity index (χ0v) is 35.0. The van der Waals surface area contributed by atoms with E-state index in [1.807, 2.05) is 26.0 Å². The SMILES string of the molecule is C=C1/C(=C2\c3c(C)cc(F)c(C)c3CCC2NC(=O)C2(OCNC(=O)CNC(=O)C(Cc3ccccc3)NC(=O)CNC=O)CCC2)Cn2c1cc1c(c2=O)COC(=O)C1CC. The van der Waals surface area contributed by atoms with Gasteiger partial charge >= 0.3 is 5.97 Å². The van der Waals surface area contributed by atoms with Crippen LogP contribution < -0.4 is 32.1 Å². The molecule has 0 saturated heterocycles. The van der Waals surface area contributed by atoms with Crippen LogP contribution in [0.4, 0.5) is 4.39 Å². The van der Waals surface area contributed by atoms with Gasteiger partial charge in [-0.05, 0) is 115 Å². The average Bonchev–Trinajstić information content (AvgIpc) is 3.57. The topological polar surface area (TPSA) is 203 Å². The number of cyclic esters (lactones) is 1. The lowest BCUT2D eigenvalue weighted by molar-refractivity contribution is -0.163. The summed E-state index contributed by atoms with van der Waals surface area (Å²) in [6.45, 7) is 8.81. The first kappa shape index (κ1) is 43.7. The largest absolute Gasteiger partial charge is 0.460 e. The number of rotatable bonds is 15.